The first-order valence-electron chi connectivity index (χ1n) is 12.6. The van der Waals surface area contributed by atoms with Crippen LogP contribution in [0.4, 0.5) is 5.69 Å². The lowest BCUT2D eigenvalue weighted by atomic mass is 10.1. The molecule has 0 radical (unpaired) electrons. The molecule has 3 aromatic carbocycles. The van der Waals surface area contributed by atoms with Crippen LogP contribution in [-0.4, -0.2) is 43.3 Å². The zero-order chi connectivity index (χ0) is 29.7. The Morgan fingerprint density at radius 3 is 1.98 bits per heavy atom. The van der Waals surface area contributed by atoms with Gasteiger partial charge in [-0.2, -0.15) is 0 Å². The van der Waals surface area contributed by atoms with Gasteiger partial charge in [-0.3, -0.25) is 13.9 Å². The second kappa shape index (κ2) is 13.3. The molecular weight excluding hydrogens is 593 g/mol. The van der Waals surface area contributed by atoms with Crippen LogP contribution in [0, 0.1) is 0 Å². The molecule has 0 heterocycles. The van der Waals surface area contributed by atoms with Crippen molar-refractivity contribution in [2.24, 2.45) is 0 Å². The highest BCUT2D eigenvalue weighted by Gasteiger charge is 2.35. The van der Waals surface area contributed by atoms with E-state index in [0.29, 0.717) is 20.6 Å². The summed E-state index contributed by atoms with van der Waals surface area (Å²) in [7, 11) is -4.20. The SMILES string of the molecule is CC[C@@H](C(=O)NC(C)(C)C)N(Cc1c(Cl)cccc1Cl)C(=O)CN(c1ccccc1)S(=O)(=O)c1ccc(Cl)cc1. The lowest BCUT2D eigenvalue weighted by molar-refractivity contribution is -0.141. The Hall–Kier alpha value is -2.78. The van der Waals surface area contributed by atoms with E-state index in [4.69, 9.17) is 34.8 Å². The molecule has 0 aliphatic rings. The molecule has 1 N–H and O–H groups in total. The molecule has 3 aromatic rings. The fourth-order valence-electron chi connectivity index (χ4n) is 4.08. The second-order valence-corrected chi connectivity index (χ2v) is 13.3. The molecule has 0 unspecified atom stereocenters. The van der Waals surface area contributed by atoms with Gasteiger partial charge in [0.2, 0.25) is 11.8 Å². The van der Waals surface area contributed by atoms with Crippen molar-refractivity contribution in [2.45, 2.75) is 57.1 Å². The van der Waals surface area contributed by atoms with Gasteiger partial charge in [-0.25, -0.2) is 8.42 Å². The van der Waals surface area contributed by atoms with E-state index in [1.807, 2.05) is 20.8 Å². The smallest absolute Gasteiger partial charge is 0.264 e. The predicted octanol–water partition coefficient (Wildman–Crippen LogP) is 6.56. The monoisotopic (exact) mass is 623 g/mol. The fourth-order valence-corrected chi connectivity index (χ4v) is 6.14. The standard InChI is InChI=1S/C29H32Cl3N3O4S/c1-5-26(28(37)33-29(2,3)4)34(18-23-24(31)12-9-13-25(23)32)27(36)19-35(21-10-7-6-8-11-21)40(38,39)22-16-14-20(30)15-17-22/h6-17,26H,5,18-19H2,1-4H3,(H,33,37)/t26-/m0/s1. The van der Waals surface area contributed by atoms with Crippen molar-refractivity contribution in [3.8, 4) is 0 Å². The molecule has 0 aliphatic heterocycles. The van der Waals surface area contributed by atoms with Crippen molar-refractivity contribution in [3.63, 3.8) is 0 Å². The normalized spacial score (nSPS) is 12.5. The summed E-state index contributed by atoms with van der Waals surface area (Å²) in [5, 5.41) is 3.95. The number of rotatable bonds is 10. The van der Waals surface area contributed by atoms with Gasteiger partial charge in [0.1, 0.15) is 12.6 Å². The predicted molar refractivity (Wildman–Crippen MR) is 161 cm³/mol. The van der Waals surface area contributed by atoms with E-state index in [2.05, 4.69) is 5.32 Å². The Balaban J connectivity index is 2.09. The summed E-state index contributed by atoms with van der Waals surface area (Å²) in [6, 6.07) is 18.0. The van der Waals surface area contributed by atoms with Crippen LogP contribution in [0.1, 0.15) is 39.7 Å². The number of para-hydroxylation sites is 1. The van der Waals surface area contributed by atoms with Crippen LogP contribution < -0.4 is 9.62 Å². The summed E-state index contributed by atoms with van der Waals surface area (Å²) in [6.45, 7) is 6.62. The van der Waals surface area contributed by atoms with Crippen LogP contribution >= 0.6 is 34.8 Å². The maximum absolute atomic E-state index is 14.1. The molecule has 0 spiro atoms. The average molecular weight is 625 g/mol. The number of carbonyl (C=O) groups is 2. The van der Waals surface area contributed by atoms with E-state index >= 15 is 0 Å². The summed E-state index contributed by atoms with van der Waals surface area (Å²) < 4.78 is 28.7. The highest BCUT2D eigenvalue weighted by molar-refractivity contribution is 7.92. The molecule has 0 saturated carbocycles. The number of anilines is 1. The van der Waals surface area contributed by atoms with Gasteiger partial charge in [-0.05, 0) is 75.7 Å². The van der Waals surface area contributed by atoms with Crippen molar-refractivity contribution < 1.29 is 18.0 Å². The van der Waals surface area contributed by atoms with Crippen molar-refractivity contribution in [3.05, 3.63) is 93.4 Å². The number of hydrogen-bond donors (Lipinski definition) is 1. The van der Waals surface area contributed by atoms with E-state index in [0.717, 1.165) is 4.31 Å². The van der Waals surface area contributed by atoms with Gasteiger partial charge in [0.05, 0.1) is 10.6 Å². The van der Waals surface area contributed by atoms with Crippen molar-refractivity contribution in [1.82, 2.24) is 10.2 Å². The first-order valence-corrected chi connectivity index (χ1v) is 15.2. The van der Waals surface area contributed by atoms with E-state index in [9.17, 15) is 18.0 Å². The summed E-state index contributed by atoms with van der Waals surface area (Å²) in [5.74, 6) is -0.980. The number of hydrogen-bond acceptors (Lipinski definition) is 4. The largest absolute Gasteiger partial charge is 0.350 e. The van der Waals surface area contributed by atoms with E-state index < -0.39 is 34.1 Å². The van der Waals surface area contributed by atoms with Crippen LogP contribution in [0.3, 0.4) is 0 Å². The van der Waals surface area contributed by atoms with Crippen molar-refractivity contribution in [2.75, 3.05) is 10.8 Å². The molecule has 11 heteroatoms. The minimum atomic E-state index is -4.20. The number of nitrogens with zero attached hydrogens (tertiary/aromatic N) is 2. The molecule has 0 aliphatic carbocycles. The topological polar surface area (TPSA) is 86.8 Å². The minimum Gasteiger partial charge on any atom is -0.350 e. The molecule has 40 heavy (non-hydrogen) atoms. The third kappa shape index (κ3) is 7.91. The maximum Gasteiger partial charge on any atom is 0.264 e. The summed E-state index contributed by atoms with van der Waals surface area (Å²) in [6.07, 6.45) is 0.269. The number of amides is 2. The molecule has 0 saturated heterocycles. The third-order valence-electron chi connectivity index (χ3n) is 6.00. The Morgan fingerprint density at radius 1 is 0.875 bits per heavy atom. The molecule has 7 nitrogen and oxygen atoms in total. The van der Waals surface area contributed by atoms with Gasteiger partial charge < -0.3 is 10.2 Å². The second-order valence-electron chi connectivity index (χ2n) is 10.2. The summed E-state index contributed by atoms with van der Waals surface area (Å²) in [5.41, 5.74) is 0.177. The molecule has 0 fully saturated rings. The first kappa shape index (κ1) is 31.7. The van der Waals surface area contributed by atoms with E-state index in [-0.39, 0.29) is 29.5 Å². The Morgan fingerprint density at radius 2 is 1.45 bits per heavy atom. The lowest BCUT2D eigenvalue weighted by Gasteiger charge is -2.35. The van der Waals surface area contributed by atoms with Crippen molar-refractivity contribution >= 4 is 62.3 Å². The van der Waals surface area contributed by atoms with Crippen LogP contribution in [0.5, 0.6) is 0 Å². The Kier molecular flexibility index (Phi) is 10.5. The third-order valence-corrected chi connectivity index (χ3v) is 8.75. The van der Waals surface area contributed by atoms with Crippen LogP contribution in [-0.2, 0) is 26.2 Å². The molecule has 0 aromatic heterocycles. The molecule has 214 valence electrons. The Labute approximate surface area is 251 Å². The summed E-state index contributed by atoms with van der Waals surface area (Å²) >= 11 is 18.9. The molecular formula is C29H32Cl3N3O4S. The maximum atomic E-state index is 14.1. The number of carbonyl (C=O) groups excluding carboxylic acids is 2. The zero-order valence-electron chi connectivity index (χ0n) is 22.7. The number of sulfonamides is 1. The van der Waals surface area contributed by atoms with Gasteiger partial charge >= 0.3 is 0 Å². The fraction of sp³-hybridized carbons (Fsp3) is 0.310. The molecule has 2 amide bonds. The number of nitrogens with one attached hydrogen (secondary N) is 1. The molecule has 1 atom stereocenters. The molecule has 3 rings (SSSR count). The highest BCUT2D eigenvalue weighted by Crippen LogP contribution is 2.29. The minimum absolute atomic E-state index is 0.0354. The quantitative estimate of drug-likeness (QED) is 0.277. The highest BCUT2D eigenvalue weighted by atomic mass is 35.5. The van der Waals surface area contributed by atoms with Crippen LogP contribution in [0.25, 0.3) is 0 Å². The van der Waals surface area contributed by atoms with E-state index in [1.54, 1.807) is 55.5 Å². The van der Waals surface area contributed by atoms with Gasteiger partial charge in [-0.1, -0.05) is 66.0 Å². The number of benzene rings is 3. The van der Waals surface area contributed by atoms with Gasteiger partial charge in [-0.15, -0.1) is 0 Å². The first-order chi connectivity index (χ1) is 18.7. The van der Waals surface area contributed by atoms with Gasteiger partial charge in [0.25, 0.3) is 10.0 Å². The van der Waals surface area contributed by atoms with Gasteiger partial charge in [0, 0.05) is 32.7 Å². The number of halogens is 3. The lowest BCUT2D eigenvalue weighted by Crippen LogP contribution is -2.55. The average Bonchev–Trinajstić information content (AvgIpc) is 2.88. The van der Waals surface area contributed by atoms with Crippen molar-refractivity contribution in [1.29, 1.82) is 0 Å². The molecule has 0 bridgehead atoms. The van der Waals surface area contributed by atoms with Crippen LogP contribution in [0.2, 0.25) is 15.1 Å². The Bertz CT molecular complexity index is 1420. The summed E-state index contributed by atoms with van der Waals surface area (Å²) in [4.78, 5) is 28.8. The van der Waals surface area contributed by atoms with Crippen LogP contribution in [0.15, 0.2) is 77.7 Å². The zero-order valence-corrected chi connectivity index (χ0v) is 25.8. The van der Waals surface area contributed by atoms with E-state index in [1.165, 1.54) is 29.2 Å². The van der Waals surface area contributed by atoms with Gasteiger partial charge in [0.15, 0.2) is 0 Å².